The third kappa shape index (κ3) is 1.67. The van der Waals surface area contributed by atoms with Crippen LogP contribution in [-0.2, 0) is 4.74 Å². The van der Waals surface area contributed by atoms with Gasteiger partial charge in [-0.15, -0.1) is 0 Å². The fourth-order valence-corrected chi connectivity index (χ4v) is 1.06. The summed E-state index contributed by atoms with van der Waals surface area (Å²) in [7, 11) is 0. The van der Waals surface area contributed by atoms with Gasteiger partial charge < -0.3 is 9.72 Å². The van der Waals surface area contributed by atoms with Gasteiger partial charge in [-0.2, -0.15) is 0 Å². The molecule has 1 radical (unpaired) electrons. The molecule has 0 unspecified atom stereocenters. The van der Waals surface area contributed by atoms with E-state index in [0.29, 0.717) is 12.3 Å². The molecule has 0 saturated carbocycles. The van der Waals surface area contributed by atoms with Crippen molar-refractivity contribution in [1.29, 1.82) is 0 Å². The first kappa shape index (κ1) is 8.84. The van der Waals surface area contributed by atoms with Gasteiger partial charge in [0.1, 0.15) is 5.69 Å². The molecule has 0 amide bonds. The number of aromatic amines is 1. The molecule has 1 heterocycles. The van der Waals surface area contributed by atoms with Gasteiger partial charge >= 0.3 is 5.97 Å². The lowest BCUT2D eigenvalue weighted by molar-refractivity contribution is 0.0519. The first-order valence-corrected chi connectivity index (χ1v) is 3.90. The predicted molar refractivity (Wildman–Crippen MR) is 45.1 cm³/mol. The van der Waals surface area contributed by atoms with Crippen molar-refractivity contribution in [3.63, 3.8) is 0 Å². The van der Waals surface area contributed by atoms with E-state index in [-0.39, 0.29) is 5.97 Å². The second-order valence-electron chi connectivity index (χ2n) is 2.60. The van der Waals surface area contributed by atoms with E-state index in [1.165, 1.54) is 0 Å². The molecule has 3 heteroatoms. The van der Waals surface area contributed by atoms with Gasteiger partial charge in [-0.05, 0) is 26.3 Å². The third-order valence-electron chi connectivity index (χ3n) is 1.54. The highest BCUT2D eigenvalue weighted by atomic mass is 16.5. The third-order valence-corrected chi connectivity index (χ3v) is 1.54. The number of esters is 1. The fourth-order valence-electron chi connectivity index (χ4n) is 1.06. The number of H-pyrrole nitrogens is 1. The van der Waals surface area contributed by atoms with Gasteiger partial charge in [0, 0.05) is 11.8 Å². The average Bonchev–Trinajstić information content (AvgIpc) is 2.30. The number of hydrogen-bond acceptors (Lipinski definition) is 2. The first-order chi connectivity index (χ1) is 5.65. The van der Waals surface area contributed by atoms with Gasteiger partial charge in [0.2, 0.25) is 0 Å². The van der Waals surface area contributed by atoms with Crippen LogP contribution in [0, 0.1) is 19.9 Å². The predicted octanol–water partition coefficient (Wildman–Crippen LogP) is 1.61. The summed E-state index contributed by atoms with van der Waals surface area (Å²) in [5.74, 6) is -0.306. The summed E-state index contributed by atoms with van der Waals surface area (Å²) < 4.78 is 4.83. The van der Waals surface area contributed by atoms with Crippen LogP contribution < -0.4 is 0 Å². The van der Waals surface area contributed by atoms with E-state index >= 15 is 0 Å². The standard InChI is InChI=1S/C9H12NO2/c1-4-12-9(11)8-6(2)5-7(3)10-8/h10H,4H2,1-3H3. The molecule has 0 spiro atoms. The minimum absolute atomic E-state index is 0.306. The molecule has 65 valence electrons. The van der Waals surface area contributed by atoms with Crippen molar-refractivity contribution >= 4 is 5.97 Å². The zero-order valence-corrected chi connectivity index (χ0v) is 7.52. The zero-order chi connectivity index (χ0) is 9.14. The van der Waals surface area contributed by atoms with E-state index < -0.39 is 0 Å². The molecule has 0 aliphatic rings. The maximum atomic E-state index is 11.2. The number of aryl methyl sites for hydroxylation is 2. The Bertz CT molecular complexity index is 289. The van der Waals surface area contributed by atoms with Crippen molar-refractivity contribution < 1.29 is 9.53 Å². The van der Waals surface area contributed by atoms with Crippen molar-refractivity contribution in [1.82, 2.24) is 4.98 Å². The van der Waals surface area contributed by atoms with Crippen LogP contribution >= 0.6 is 0 Å². The second-order valence-corrected chi connectivity index (χ2v) is 2.60. The normalized spacial score (nSPS) is 9.92. The first-order valence-electron chi connectivity index (χ1n) is 3.90. The Hall–Kier alpha value is -1.25. The van der Waals surface area contributed by atoms with E-state index in [0.717, 1.165) is 11.3 Å². The molecule has 1 N–H and O–H groups in total. The zero-order valence-electron chi connectivity index (χ0n) is 7.52. The maximum Gasteiger partial charge on any atom is 0.355 e. The van der Waals surface area contributed by atoms with Crippen LogP contribution in [0.4, 0.5) is 0 Å². The molecule has 0 aromatic carbocycles. The number of carbonyl (C=O) groups is 1. The highest BCUT2D eigenvalue weighted by molar-refractivity contribution is 5.89. The number of ether oxygens (including phenoxy) is 1. The molecule has 1 aromatic rings. The fraction of sp³-hybridized carbons (Fsp3) is 0.444. The number of nitrogens with one attached hydrogen (secondary N) is 1. The Labute approximate surface area is 71.7 Å². The lowest BCUT2D eigenvalue weighted by Gasteiger charge is -1.99. The largest absolute Gasteiger partial charge is 0.461 e. The van der Waals surface area contributed by atoms with Crippen LogP contribution in [0.1, 0.15) is 28.7 Å². The lowest BCUT2D eigenvalue weighted by atomic mass is 10.3. The molecule has 0 saturated heterocycles. The molecule has 0 bridgehead atoms. The molecule has 3 nitrogen and oxygen atoms in total. The van der Waals surface area contributed by atoms with Gasteiger partial charge in [-0.1, -0.05) is 0 Å². The summed E-state index contributed by atoms with van der Waals surface area (Å²) in [6.45, 7) is 5.87. The van der Waals surface area contributed by atoms with Crippen LogP contribution in [0.25, 0.3) is 0 Å². The SMILES string of the molecule is CCOC(=O)c1[nH]c(C)[c]c1C. The number of carbonyl (C=O) groups excluding carboxylic acids is 1. The highest BCUT2D eigenvalue weighted by Gasteiger charge is 2.11. The van der Waals surface area contributed by atoms with E-state index in [9.17, 15) is 4.79 Å². The van der Waals surface area contributed by atoms with E-state index in [2.05, 4.69) is 11.1 Å². The van der Waals surface area contributed by atoms with Crippen molar-refractivity contribution in [2.75, 3.05) is 6.61 Å². The summed E-state index contributed by atoms with van der Waals surface area (Å²) in [4.78, 5) is 14.1. The smallest absolute Gasteiger partial charge is 0.355 e. The van der Waals surface area contributed by atoms with Crippen LogP contribution in [0.5, 0.6) is 0 Å². The summed E-state index contributed by atoms with van der Waals surface area (Å²) in [5, 5.41) is 0. The molecule has 12 heavy (non-hydrogen) atoms. The van der Waals surface area contributed by atoms with Crippen molar-refractivity contribution in [3.05, 3.63) is 23.0 Å². The van der Waals surface area contributed by atoms with E-state index in [4.69, 9.17) is 4.74 Å². The maximum absolute atomic E-state index is 11.2. The number of hydrogen-bond donors (Lipinski definition) is 1. The van der Waals surface area contributed by atoms with Crippen LogP contribution in [0.2, 0.25) is 0 Å². The monoisotopic (exact) mass is 166 g/mol. The van der Waals surface area contributed by atoms with E-state index in [1.54, 1.807) is 6.92 Å². The van der Waals surface area contributed by atoms with Gasteiger partial charge in [0.15, 0.2) is 0 Å². The Balaban J connectivity index is 2.87. The van der Waals surface area contributed by atoms with Crippen LogP contribution in [0.15, 0.2) is 0 Å². The van der Waals surface area contributed by atoms with Gasteiger partial charge in [0.25, 0.3) is 0 Å². The summed E-state index contributed by atoms with van der Waals surface area (Å²) >= 11 is 0. The molecular weight excluding hydrogens is 154 g/mol. The lowest BCUT2D eigenvalue weighted by Crippen LogP contribution is -2.06. The summed E-state index contributed by atoms with van der Waals surface area (Å²) in [5.41, 5.74) is 2.18. The topological polar surface area (TPSA) is 42.1 Å². The molecule has 0 aliphatic heterocycles. The quantitative estimate of drug-likeness (QED) is 0.678. The molecule has 0 aliphatic carbocycles. The minimum Gasteiger partial charge on any atom is -0.461 e. The van der Waals surface area contributed by atoms with Gasteiger partial charge in [0.05, 0.1) is 6.61 Å². The number of rotatable bonds is 2. The number of aromatic nitrogens is 1. The molecular formula is C9H12NO2. The molecule has 1 rings (SSSR count). The van der Waals surface area contributed by atoms with Crippen molar-refractivity contribution in [2.45, 2.75) is 20.8 Å². The van der Waals surface area contributed by atoms with Crippen LogP contribution in [-0.4, -0.2) is 17.6 Å². The Morgan fingerprint density at radius 1 is 1.58 bits per heavy atom. The highest BCUT2D eigenvalue weighted by Crippen LogP contribution is 2.08. The molecule has 0 atom stereocenters. The van der Waals surface area contributed by atoms with E-state index in [1.807, 2.05) is 13.8 Å². The average molecular weight is 166 g/mol. The Kier molecular flexibility index (Phi) is 2.53. The summed E-state index contributed by atoms with van der Waals surface area (Å²) in [6, 6.07) is 2.99. The molecule has 1 aromatic heterocycles. The van der Waals surface area contributed by atoms with Gasteiger partial charge in [-0.25, -0.2) is 4.79 Å². The second kappa shape index (κ2) is 3.43. The minimum atomic E-state index is -0.306. The Morgan fingerprint density at radius 2 is 2.25 bits per heavy atom. The Morgan fingerprint density at radius 3 is 2.67 bits per heavy atom. The van der Waals surface area contributed by atoms with Crippen molar-refractivity contribution in [3.8, 4) is 0 Å². The van der Waals surface area contributed by atoms with Crippen molar-refractivity contribution in [2.24, 2.45) is 0 Å². The van der Waals surface area contributed by atoms with Gasteiger partial charge in [-0.3, -0.25) is 0 Å². The molecule has 0 fully saturated rings. The van der Waals surface area contributed by atoms with Crippen LogP contribution in [0.3, 0.4) is 0 Å². The summed E-state index contributed by atoms with van der Waals surface area (Å²) in [6.07, 6.45) is 0.